The van der Waals surface area contributed by atoms with Crippen LogP contribution in [0.15, 0.2) is 0 Å². The number of rotatable bonds is 1. The Bertz CT molecular complexity index is 339. The van der Waals surface area contributed by atoms with E-state index in [1.165, 1.54) is 17.2 Å². The van der Waals surface area contributed by atoms with Crippen LogP contribution < -0.4 is 5.73 Å². The normalized spacial score (nSPS) is 21.4. The third-order valence-electron chi connectivity index (χ3n) is 3.04. The van der Waals surface area contributed by atoms with Crippen molar-refractivity contribution in [2.24, 2.45) is 5.73 Å². The van der Waals surface area contributed by atoms with Gasteiger partial charge in [0.2, 0.25) is 0 Å². The van der Waals surface area contributed by atoms with E-state index in [-0.39, 0.29) is 0 Å². The van der Waals surface area contributed by atoms with Gasteiger partial charge in [0.05, 0.1) is 5.69 Å². The Morgan fingerprint density at radius 3 is 2.86 bits per heavy atom. The molecule has 0 amide bonds. The van der Waals surface area contributed by atoms with Crippen molar-refractivity contribution in [1.82, 2.24) is 9.55 Å². The van der Waals surface area contributed by atoms with E-state index in [4.69, 9.17) is 10.7 Å². The summed E-state index contributed by atoms with van der Waals surface area (Å²) in [6.07, 6.45) is 2.11. The molecule has 2 heterocycles. The van der Waals surface area contributed by atoms with Crippen molar-refractivity contribution in [3.63, 3.8) is 0 Å². The van der Waals surface area contributed by atoms with Crippen LogP contribution in [0.25, 0.3) is 0 Å². The molecule has 0 fully saturated rings. The fourth-order valence-electron chi connectivity index (χ4n) is 2.23. The first-order valence-corrected chi connectivity index (χ1v) is 5.41. The SMILES string of the molecule is Cc1c(C(C)C)nc2n1CC(N)CC2. The summed E-state index contributed by atoms with van der Waals surface area (Å²) in [6.45, 7) is 7.49. The quantitative estimate of drug-likeness (QED) is 0.736. The van der Waals surface area contributed by atoms with E-state index < -0.39 is 0 Å². The second-order valence-electron chi connectivity index (χ2n) is 4.56. The third-order valence-corrected chi connectivity index (χ3v) is 3.04. The van der Waals surface area contributed by atoms with Gasteiger partial charge in [-0.2, -0.15) is 0 Å². The summed E-state index contributed by atoms with van der Waals surface area (Å²) < 4.78 is 2.30. The average Bonchev–Trinajstić information content (AvgIpc) is 2.44. The van der Waals surface area contributed by atoms with Crippen LogP contribution in [0.1, 0.15) is 43.4 Å². The molecule has 0 aliphatic carbocycles. The molecule has 0 saturated carbocycles. The summed E-state index contributed by atoms with van der Waals surface area (Å²) in [5.74, 6) is 1.75. The van der Waals surface area contributed by atoms with E-state index in [1.54, 1.807) is 0 Å². The fourth-order valence-corrected chi connectivity index (χ4v) is 2.23. The van der Waals surface area contributed by atoms with Gasteiger partial charge in [-0.25, -0.2) is 4.98 Å². The van der Waals surface area contributed by atoms with Gasteiger partial charge in [-0.3, -0.25) is 0 Å². The van der Waals surface area contributed by atoms with E-state index in [1.807, 2.05) is 0 Å². The van der Waals surface area contributed by atoms with Crippen molar-refractivity contribution in [3.05, 3.63) is 17.2 Å². The fraction of sp³-hybridized carbons (Fsp3) is 0.727. The molecule has 0 aromatic carbocycles. The van der Waals surface area contributed by atoms with E-state index in [0.717, 1.165) is 19.4 Å². The third kappa shape index (κ3) is 1.46. The van der Waals surface area contributed by atoms with Gasteiger partial charge in [0.15, 0.2) is 0 Å². The van der Waals surface area contributed by atoms with Gasteiger partial charge in [-0.15, -0.1) is 0 Å². The molecule has 1 aromatic rings. The molecule has 1 aliphatic heterocycles. The number of hydrogen-bond acceptors (Lipinski definition) is 2. The predicted molar refractivity (Wildman–Crippen MR) is 57.3 cm³/mol. The van der Waals surface area contributed by atoms with Gasteiger partial charge in [0.1, 0.15) is 5.82 Å². The lowest BCUT2D eigenvalue weighted by Crippen LogP contribution is -2.32. The summed E-state index contributed by atoms with van der Waals surface area (Å²) in [5, 5.41) is 0. The number of fused-ring (bicyclic) bond motifs is 1. The van der Waals surface area contributed by atoms with Crippen molar-refractivity contribution in [3.8, 4) is 0 Å². The Morgan fingerprint density at radius 2 is 2.21 bits per heavy atom. The maximum atomic E-state index is 5.96. The molecule has 1 aliphatic rings. The largest absolute Gasteiger partial charge is 0.330 e. The van der Waals surface area contributed by atoms with E-state index in [0.29, 0.717) is 12.0 Å². The minimum Gasteiger partial charge on any atom is -0.330 e. The minimum atomic E-state index is 0.315. The molecule has 0 spiro atoms. The van der Waals surface area contributed by atoms with Gasteiger partial charge >= 0.3 is 0 Å². The molecule has 0 bridgehead atoms. The van der Waals surface area contributed by atoms with Crippen LogP contribution in [0, 0.1) is 6.92 Å². The lowest BCUT2D eigenvalue weighted by molar-refractivity contribution is 0.448. The Balaban J connectivity index is 2.41. The number of aromatic nitrogens is 2. The highest BCUT2D eigenvalue weighted by atomic mass is 15.1. The molecule has 3 heteroatoms. The van der Waals surface area contributed by atoms with Crippen molar-refractivity contribution < 1.29 is 0 Å². The van der Waals surface area contributed by atoms with Crippen LogP contribution in [-0.4, -0.2) is 15.6 Å². The van der Waals surface area contributed by atoms with Crippen molar-refractivity contribution in [1.29, 1.82) is 0 Å². The molecule has 0 radical (unpaired) electrons. The first-order chi connectivity index (χ1) is 6.59. The van der Waals surface area contributed by atoms with Crippen LogP contribution in [0.2, 0.25) is 0 Å². The summed E-state index contributed by atoms with van der Waals surface area (Å²) in [7, 11) is 0. The average molecular weight is 193 g/mol. The van der Waals surface area contributed by atoms with Crippen molar-refractivity contribution in [2.45, 2.75) is 52.1 Å². The van der Waals surface area contributed by atoms with Crippen LogP contribution >= 0.6 is 0 Å². The highest BCUT2D eigenvalue weighted by Crippen LogP contribution is 2.23. The van der Waals surface area contributed by atoms with Crippen LogP contribution in [0.4, 0.5) is 0 Å². The second kappa shape index (κ2) is 3.39. The smallest absolute Gasteiger partial charge is 0.109 e. The van der Waals surface area contributed by atoms with E-state index >= 15 is 0 Å². The maximum absolute atomic E-state index is 5.96. The summed E-state index contributed by atoms with van der Waals surface area (Å²) in [4.78, 5) is 4.69. The topological polar surface area (TPSA) is 43.8 Å². The highest BCUT2D eigenvalue weighted by Gasteiger charge is 2.21. The lowest BCUT2D eigenvalue weighted by Gasteiger charge is -2.21. The van der Waals surface area contributed by atoms with Gasteiger partial charge in [0.25, 0.3) is 0 Å². The molecule has 0 saturated heterocycles. The zero-order valence-electron chi connectivity index (χ0n) is 9.25. The molecule has 3 nitrogen and oxygen atoms in total. The summed E-state index contributed by atoms with van der Waals surface area (Å²) >= 11 is 0. The molecule has 1 unspecified atom stereocenters. The Morgan fingerprint density at radius 1 is 1.50 bits per heavy atom. The van der Waals surface area contributed by atoms with E-state index in [2.05, 4.69) is 25.3 Å². The first kappa shape index (κ1) is 9.71. The molecule has 14 heavy (non-hydrogen) atoms. The standard InChI is InChI=1S/C11H19N3/c1-7(2)11-8(3)14-6-9(12)4-5-10(14)13-11/h7,9H,4-6,12H2,1-3H3. The minimum absolute atomic E-state index is 0.315. The number of nitrogens with zero attached hydrogens (tertiary/aromatic N) is 2. The number of hydrogen-bond donors (Lipinski definition) is 1. The summed E-state index contributed by atoms with van der Waals surface area (Å²) in [6, 6.07) is 0.315. The van der Waals surface area contributed by atoms with Gasteiger partial charge < -0.3 is 10.3 Å². The number of nitrogens with two attached hydrogens (primary N) is 1. The molecular weight excluding hydrogens is 174 g/mol. The van der Waals surface area contributed by atoms with Crippen LogP contribution in [-0.2, 0) is 13.0 Å². The van der Waals surface area contributed by atoms with Gasteiger partial charge in [0, 0.05) is 24.7 Å². The zero-order chi connectivity index (χ0) is 10.3. The molecule has 2 N–H and O–H groups in total. The molecular formula is C11H19N3. The monoisotopic (exact) mass is 193 g/mol. The maximum Gasteiger partial charge on any atom is 0.109 e. The van der Waals surface area contributed by atoms with Crippen molar-refractivity contribution >= 4 is 0 Å². The van der Waals surface area contributed by atoms with Crippen LogP contribution in [0.5, 0.6) is 0 Å². The Labute approximate surface area is 85.3 Å². The number of imidazole rings is 1. The Hall–Kier alpha value is -0.830. The van der Waals surface area contributed by atoms with Crippen molar-refractivity contribution in [2.75, 3.05) is 0 Å². The number of aryl methyl sites for hydroxylation is 1. The van der Waals surface area contributed by atoms with Gasteiger partial charge in [-0.1, -0.05) is 13.8 Å². The molecule has 1 aromatic heterocycles. The predicted octanol–water partition coefficient (Wildman–Crippen LogP) is 1.59. The molecule has 78 valence electrons. The second-order valence-corrected chi connectivity index (χ2v) is 4.56. The zero-order valence-corrected chi connectivity index (χ0v) is 9.25. The molecule has 1 atom stereocenters. The summed E-state index contributed by atoms with van der Waals surface area (Å²) in [5.41, 5.74) is 8.51. The Kier molecular flexibility index (Phi) is 2.35. The highest BCUT2D eigenvalue weighted by molar-refractivity contribution is 5.20. The van der Waals surface area contributed by atoms with Gasteiger partial charge in [-0.05, 0) is 19.3 Å². The van der Waals surface area contributed by atoms with E-state index in [9.17, 15) is 0 Å². The first-order valence-electron chi connectivity index (χ1n) is 5.41. The lowest BCUT2D eigenvalue weighted by atomic mass is 10.1. The molecule has 2 rings (SSSR count). The van der Waals surface area contributed by atoms with Crippen LogP contribution in [0.3, 0.4) is 0 Å².